The predicted molar refractivity (Wildman–Crippen MR) is 267 cm³/mol. The molecule has 6 amide bonds. The molecule has 0 aliphatic carbocycles. The molecule has 0 radical (unpaired) electrons. The van der Waals surface area contributed by atoms with Crippen molar-refractivity contribution in [3.8, 4) is 5.75 Å². The van der Waals surface area contributed by atoms with E-state index < -0.39 is 65.8 Å². The minimum Gasteiger partial charge on any atom is -0.489 e. The molecule has 18 nitrogen and oxygen atoms in total. The first-order valence-electron chi connectivity index (χ1n) is 23.3. The Hall–Kier alpha value is -8.77. The van der Waals surface area contributed by atoms with Gasteiger partial charge in [0.15, 0.2) is 0 Å². The third kappa shape index (κ3) is 15.4. The number of carbonyl (C=O) groups is 6. The van der Waals surface area contributed by atoms with Crippen molar-refractivity contribution >= 4 is 46.5 Å². The second-order valence-electron chi connectivity index (χ2n) is 17.0. The molecule has 2 aromatic heterocycles. The molecular weight excluding hydrogens is 919 g/mol. The fourth-order valence-electron chi connectivity index (χ4n) is 7.62. The standard InChI is InChI=1S/C54H57N9O9/c1-35(49(55)64)59-50(65)46(26-40-28-57-44-20-12-11-19-43(40)44)61-53(68)48(33-70-30-37-13-5-2-6-14-37)62-51(66)45(25-36-21-23-42(24-22-36)71-31-38-15-7-3-8-16-38)60-52(67)47(27-41-29-56-34-58-41)63-54(69)72-32-39-17-9-4-10-18-39/h2-24,28-29,34-35,45-48,57H,25-27,30-33H2,1H3,(H2,55,64)(H,56,58)(H,59,65)(H,60,67)(H,61,68)(H,62,66)(H,63,69)/t35-,45+,46-,47+,48+/m1/s1. The number of rotatable bonds is 25. The molecule has 5 atom stereocenters. The molecule has 0 aliphatic rings. The maximum Gasteiger partial charge on any atom is 0.408 e. The van der Waals surface area contributed by atoms with Gasteiger partial charge in [-0.2, -0.15) is 0 Å². The first kappa shape index (κ1) is 51.1. The molecule has 9 N–H and O–H groups in total. The number of carbonyl (C=O) groups excluding carboxylic acids is 6. The average molecular weight is 976 g/mol. The number of nitrogens with zero attached hydrogens (tertiary/aromatic N) is 1. The summed E-state index contributed by atoms with van der Waals surface area (Å²) in [5, 5.41) is 14.4. The van der Waals surface area contributed by atoms with Gasteiger partial charge < -0.3 is 56.5 Å². The van der Waals surface area contributed by atoms with E-state index in [-0.39, 0.29) is 39.1 Å². The Labute approximate surface area is 415 Å². The van der Waals surface area contributed by atoms with Gasteiger partial charge in [-0.3, -0.25) is 24.0 Å². The van der Waals surface area contributed by atoms with Crippen molar-refractivity contribution in [2.75, 3.05) is 6.61 Å². The highest BCUT2D eigenvalue weighted by molar-refractivity contribution is 5.97. The number of nitrogens with one attached hydrogen (secondary N) is 7. The highest BCUT2D eigenvalue weighted by Crippen LogP contribution is 2.20. The molecule has 7 rings (SSSR count). The number of aromatic amines is 2. The quantitative estimate of drug-likeness (QED) is 0.0399. The number of amides is 6. The van der Waals surface area contributed by atoms with Crippen LogP contribution in [0.4, 0.5) is 4.79 Å². The van der Waals surface area contributed by atoms with E-state index in [1.165, 1.54) is 19.4 Å². The number of hydrogen-bond donors (Lipinski definition) is 8. The number of ether oxygens (including phenoxy) is 3. The van der Waals surface area contributed by atoms with Crippen LogP contribution >= 0.6 is 0 Å². The predicted octanol–water partition coefficient (Wildman–Crippen LogP) is 4.45. The van der Waals surface area contributed by atoms with Crippen LogP contribution in [0.1, 0.15) is 40.4 Å². The van der Waals surface area contributed by atoms with Gasteiger partial charge in [-0.1, -0.05) is 121 Å². The molecule has 2 heterocycles. The van der Waals surface area contributed by atoms with Gasteiger partial charge in [0.2, 0.25) is 29.5 Å². The van der Waals surface area contributed by atoms with Crippen molar-refractivity contribution in [1.82, 2.24) is 41.5 Å². The highest BCUT2D eigenvalue weighted by atomic mass is 16.5. The van der Waals surface area contributed by atoms with Gasteiger partial charge in [-0.05, 0) is 52.9 Å². The maximum absolute atomic E-state index is 14.8. The largest absolute Gasteiger partial charge is 0.489 e. The molecule has 5 aromatic carbocycles. The fraction of sp³-hybridized carbons (Fsp3) is 0.241. The lowest BCUT2D eigenvalue weighted by Crippen LogP contribution is -2.60. The van der Waals surface area contributed by atoms with Crippen LogP contribution in [0.2, 0.25) is 0 Å². The first-order valence-corrected chi connectivity index (χ1v) is 23.3. The van der Waals surface area contributed by atoms with E-state index in [1.54, 1.807) is 54.7 Å². The first-order chi connectivity index (χ1) is 35.0. The SMILES string of the molecule is C[C@@H](NC(=O)[C@@H](Cc1c[nH]c2ccccc12)NC(=O)[C@H](COCc1ccccc1)NC(=O)[C@H](Cc1ccc(OCc2ccccc2)cc1)NC(=O)[C@H](Cc1cnc[nH]1)NC(=O)OCc1ccccc1)C(N)=O. The normalized spacial score (nSPS) is 13.1. The lowest BCUT2D eigenvalue weighted by Gasteiger charge is -2.27. The molecule has 0 saturated carbocycles. The van der Waals surface area contributed by atoms with E-state index in [0.29, 0.717) is 29.2 Å². The summed E-state index contributed by atoms with van der Waals surface area (Å²) in [6.07, 6.45) is 3.63. The Kier molecular flexibility index (Phi) is 18.3. The lowest BCUT2D eigenvalue weighted by molar-refractivity contribution is -0.135. The molecule has 7 aromatic rings. The second-order valence-corrected chi connectivity index (χ2v) is 17.0. The Balaban J connectivity index is 1.15. The van der Waals surface area contributed by atoms with Gasteiger partial charge in [0.05, 0.1) is 19.5 Å². The third-order valence-corrected chi connectivity index (χ3v) is 11.6. The van der Waals surface area contributed by atoms with Gasteiger partial charge >= 0.3 is 6.09 Å². The van der Waals surface area contributed by atoms with Crippen LogP contribution in [-0.2, 0) is 72.5 Å². The molecule has 0 spiro atoms. The summed E-state index contributed by atoms with van der Waals surface area (Å²) in [5.41, 5.74) is 10.6. The van der Waals surface area contributed by atoms with Crippen LogP contribution in [-0.4, -0.2) is 87.4 Å². The topological polar surface area (TPSA) is 261 Å². The molecule has 0 aliphatic heterocycles. The van der Waals surface area contributed by atoms with E-state index in [2.05, 4.69) is 41.5 Å². The molecule has 18 heteroatoms. The number of para-hydroxylation sites is 1. The van der Waals surface area contributed by atoms with Gasteiger partial charge in [0.25, 0.3) is 0 Å². The van der Waals surface area contributed by atoms with E-state index in [1.807, 2.05) is 91.0 Å². The molecule has 0 bridgehead atoms. The molecule has 0 saturated heterocycles. The Morgan fingerprint density at radius 3 is 1.72 bits per heavy atom. The molecule has 0 fully saturated rings. The van der Waals surface area contributed by atoms with Crippen LogP contribution in [0, 0.1) is 0 Å². The average Bonchev–Trinajstić information content (AvgIpc) is 4.08. The van der Waals surface area contributed by atoms with Crippen molar-refractivity contribution in [2.45, 2.75) is 76.2 Å². The number of primary amides is 1. The number of imidazole rings is 1. The van der Waals surface area contributed by atoms with Gasteiger partial charge in [-0.15, -0.1) is 0 Å². The van der Waals surface area contributed by atoms with Crippen molar-refractivity contribution < 1.29 is 43.0 Å². The second kappa shape index (κ2) is 25.7. The molecular formula is C54H57N9O9. The summed E-state index contributed by atoms with van der Waals surface area (Å²) in [6, 6.07) is 35.9. The summed E-state index contributed by atoms with van der Waals surface area (Å²) < 4.78 is 17.5. The number of nitrogens with two attached hydrogens (primary N) is 1. The fourth-order valence-corrected chi connectivity index (χ4v) is 7.62. The number of aromatic nitrogens is 3. The summed E-state index contributed by atoms with van der Waals surface area (Å²) in [6.45, 7) is 1.39. The van der Waals surface area contributed by atoms with Gasteiger partial charge in [-0.25, -0.2) is 9.78 Å². The van der Waals surface area contributed by atoms with E-state index in [4.69, 9.17) is 19.9 Å². The third-order valence-electron chi connectivity index (χ3n) is 11.6. The van der Waals surface area contributed by atoms with E-state index in [9.17, 15) is 28.8 Å². The molecule has 72 heavy (non-hydrogen) atoms. The summed E-state index contributed by atoms with van der Waals surface area (Å²) >= 11 is 0. The summed E-state index contributed by atoms with van der Waals surface area (Å²) in [7, 11) is 0. The minimum atomic E-state index is -1.44. The van der Waals surface area contributed by atoms with Gasteiger partial charge in [0, 0.05) is 48.3 Å². The zero-order valence-corrected chi connectivity index (χ0v) is 39.5. The van der Waals surface area contributed by atoms with Crippen molar-refractivity contribution in [1.29, 1.82) is 0 Å². The Morgan fingerprint density at radius 1 is 0.556 bits per heavy atom. The Morgan fingerprint density at radius 2 is 1.10 bits per heavy atom. The van der Waals surface area contributed by atoms with Crippen LogP contribution in [0.15, 0.2) is 158 Å². The van der Waals surface area contributed by atoms with E-state index >= 15 is 0 Å². The zero-order chi connectivity index (χ0) is 50.7. The number of H-pyrrole nitrogens is 2. The molecule has 372 valence electrons. The lowest BCUT2D eigenvalue weighted by atomic mass is 10.0. The van der Waals surface area contributed by atoms with Crippen LogP contribution < -0.4 is 37.1 Å². The van der Waals surface area contributed by atoms with E-state index in [0.717, 1.165) is 27.6 Å². The Bertz CT molecular complexity index is 2860. The van der Waals surface area contributed by atoms with Crippen LogP contribution in [0.25, 0.3) is 10.9 Å². The highest BCUT2D eigenvalue weighted by Gasteiger charge is 2.33. The number of alkyl carbamates (subject to hydrolysis) is 1. The number of fused-ring (bicyclic) bond motifs is 1. The summed E-state index contributed by atoms with van der Waals surface area (Å²) in [4.78, 5) is 93.1. The van der Waals surface area contributed by atoms with Crippen molar-refractivity contribution in [3.63, 3.8) is 0 Å². The van der Waals surface area contributed by atoms with Crippen molar-refractivity contribution in [2.24, 2.45) is 5.73 Å². The number of hydrogen-bond acceptors (Lipinski definition) is 10. The summed E-state index contributed by atoms with van der Waals surface area (Å²) in [5.74, 6) is -3.25. The van der Waals surface area contributed by atoms with Crippen LogP contribution in [0.5, 0.6) is 5.75 Å². The zero-order valence-electron chi connectivity index (χ0n) is 39.5. The van der Waals surface area contributed by atoms with Gasteiger partial charge in [0.1, 0.15) is 49.2 Å². The molecule has 0 unspecified atom stereocenters. The van der Waals surface area contributed by atoms with Crippen LogP contribution in [0.3, 0.4) is 0 Å². The smallest absolute Gasteiger partial charge is 0.408 e. The minimum absolute atomic E-state index is 0.0130. The monoisotopic (exact) mass is 975 g/mol. The number of benzene rings is 5. The van der Waals surface area contributed by atoms with Crippen molar-refractivity contribution in [3.05, 3.63) is 192 Å². The maximum atomic E-state index is 14.8.